The summed E-state index contributed by atoms with van der Waals surface area (Å²) in [6.07, 6.45) is 2.61. The van der Waals surface area contributed by atoms with Crippen LogP contribution in [0.3, 0.4) is 0 Å². The Balaban J connectivity index is 3.81. The topological polar surface area (TPSA) is 66.4 Å². The van der Waals surface area contributed by atoms with Crippen LogP contribution in [0, 0.1) is 0 Å². The van der Waals surface area contributed by atoms with Gasteiger partial charge in [-0.25, -0.2) is 13.1 Å². The summed E-state index contributed by atoms with van der Waals surface area (Å²) in [5, 5.41) is 8.64. The van der Waals surface area contributed by atoms with E-state index in [2.05, 4.69) is 4.72 Å². The number of aliphatic hydroxyl groups excluding tert-OH is 1. The van der Waals surface area contributed by atoms with Crippen molar-refractivity contribution in [3.05, 3.63) is 0 Å². The molecule has 5 heteroatoms. The van der Waals surface area contributed by atoms with Gasteiger partial charge in [0.25, 0.3) is 0 Å². The average molecular weight is 209 g/mol. The van der Waals surface area contributed by atoms with Crippen LogP contribution in [-0.2, 0) is 10.0 Å². The first-order valence-electron chi connectivity index (χ1n) is 4.62. The fourth-order valence-corrected chi connectivity index (χ4v) is 2.33. The van der Waals surface area contributed by atoms with Crippen molar-refractivity contribution in [3.8, 4) is 0 Å². The van der Waals surface area contributed by atoms with Gasteiger partial charge in [0.05, 0.1) is 12.4 Å². The Morgan fingerprint density at radius 2 is 2.00 bits per heavy atom. The maximum Gasteiger partial charge on any atom is 0.211 e. The van der Waals surface area contributed by atoms with Gasteiger partial charge >= 0.3 is 0 Å². The summed E-state index contributed by atoms with van der Waals surface area (Å²) >= 11 is 0. The van der Waals surface area contributed by atoms with E-state index in [0.717, 1.165) is 12.8 Å². The SMILES string of the molecule is CCCCCS(=O)(=O)NC(C)CO. The van der Waals surface area contributed by atoms with Crippen LogP contribution < -0.4 is 4.72 Å². The summed E-state index contributed by atoms with van der Waals surface area (Å²) in [5.41, 5.74) is 0. The van der Waals surface area contributed by atoms with E-state index in [9.17, 15) is 8.42 Å². The Labute approximate surface area is 80.4 Å². The van der Waals surface area contributed by atoms with Crippen LogP contribution in [-0.4, -0.2) is 31.9 Å². The molecule has 0 saturated heterocycles. The molecular formula is C8H19NO3S. The van der Waals surface area contributed by atoms with Crippen LogP contribution in [0.15, 0.2) is 0 Å². The summed E-state index contributed by atoms with van der Waals surface area (Å²) in [5.74, 6) is 0.158. The molecule has 0 heterocycles. The van der Waals surface area contributed by atoms with E-state index < -0.39 is 10.0 Å². The second kappa shape index (κ2) is 6.34. The molecule has 13 heavy (non-hydrogen) atoms. The standard InChI is InChI=1S/C8H19NO3S/c1-3-4-5-6-13(11,12)9-8(2)7-10/h8-10H,3-7H2,1-2H3. The zero-order valence-electron chi connectivity index (χ0n) is 8.28. The fourth-order valence-electron chi connectivity index (χ4n) is 0.945. The number of hydrogen-bond donors (Lipinski definition) is 2. The number of aliphatic hydroxyl groups is 1. The van der Waals surface area contributed by atoms with Gasteiger partial charge in [-0.15, -0.1) is 0 Å². The van der Waals surface area contributed by atoms with E-state index in [4.69, 9.17) is 5.11 Å². The zero-order valence-corrected chi connectivity index (χ0v) is 9.10. The Bertz CT molecular complexity index is 213. The highest BCUT2D eigenvalue weighted by Crippen LogP contribution is 1.98. The van der Waals surface area contributed by atoms with Crippen molar-refractivity contribution in [2.45, 2.75) is 39.2 Å². The minimum atomic E-state index is -3.18. The van der Waals surface area contributed by atoms with Crippen LogP contribution >= 0.6 is 0 Å². The van der Waals surface area contributed by atoms with Gasteiger partial charge < -0.3 is 5.11 Å². The van der Waals surface area contributed by atoms with Gasteiger partial charge in [-0.05, 0) is 13.3 Å². The van der Waals surface area contributed by atoms with E-state index in [-0.39, 0.29) is 18.4 Å². The first-order chi connectivity index (χ1) is 6.02. The summed E-state index contributed by atoms with van der Waals surface area (Å²) in [6, 6.07) is -0.383. The molecule has 0 saturated carbocycles. The van der Waals surface area contributed by atoms with Crippen molar-refractivity contribution in [3.63, 3.8) is 0 Å². The van der Waals surface area contributed by atoms with Gasteiger partial charge in [-0.2, -0.15) is 0 Å². The normalized spacial score (nSPS) is 14.4. The molecule has 0 aromatic rings. The molecule has 0 aliphatic carbocycles. The summed E-state index contributed by atoms with van der Waals surface area (Å²) in [6.45, 7) is 3.50. The zero-order chi connectivity index (χ0) is 10.3. The average Bonchev–Trinajstić information content (AvgIpc) is 2.03. The molecule has 2 N–H and O–H groups in total. The summed E-state index contributed by atoms with van der Waals surface area (Å²) in [7, 11) is -3.18. The minimum Gasteiger partial charge on any atom is -0.395 e. The largest absolute Gasteiger partial charge is 0.395 e. The first kappa shape index (κ1) is 12.9. The summed E-state index contributed by atoms with van der Waals surface area (Å²) < 4.78 is 24.9. The van der Waals surface area contributed by atoms with E-state index in [1.807, 2.05) is 6.92 Å². The molecule has 0 spiro atoms. The highest BCUT2D eigenvalue weighted by atomic mass is 32.2. The monoisotopic (exact) mass is 209 g/mol. The van der Waals surface area contributed by atoms with E-state index >= 15 is 0 Å². The maximum atomic E-state index is 11.3. The Morgan fingerprint density at radius 3 is 2.46 bits per heavy atom. The van der Waals surface area contributed by atoms with Crippen LogP contribution in [0.25, 0.3) is 0 Å². The van der Waals surface area contributed by atoms with E-state index in [0.29, 0.717) is 6.42 Å². The van der Waals surface area contributed by atoms with Gasteiger partial charge in [0.2, 0.25) is 10.0 Å². The second-order valence-electron chi connectivity index (χ2n) is 3.23. The number of sulfonamides is 1. The summed E-state index contributed by atoms with van der Waals surface area (Å²) in [4.78, 5) is 0. The van der Waals surface area contributed by atoms with Crippen LogP contribution in [0.2, 0.25) is 0 Å². The third-order valence-corrected chi connectivity index (χ3v) is 3.26. The van der Waals surface area contributed by atoms with Gasteiger partial charge in [-0.3, -0.25) is 0 Å². The molecule has 0 aliphatic rings. The molecule has 0 amide bonds. The molecule has 0 aromatic carbocycles. The lowest BCUT2D eigenvalue weighted by Crippen LogP contribution is -2.36. The van der Waals surface area contributed by atoms with E-state index in [1.165, 1.54) is 0 Å². The highest BCUT2D eigenvalue weighted by Gasteiger charge is 2.12. The fraction of sp³-hybridized carbons (Fsp3) is 1.00. The third-order valence-electron chi connectivity index (χ3n) is 1.67. The number of nitrogens with one attached hydrogen (secondary N) is 1. The van der Waals surface area contributed by atoms with Crippen LogP contribution in [0.5, 0.6) is 0 Å². The predicted molar refractivity (Wildman–Crippen MR) is 53.0 cm³/mol. The Morgan fingerprint density at radius 1 is 1.38 bits per heavy atom. The molecule has 0 rings (SSSR count). The molecule has 0 bridgehead atoms. The minimum absolute atomic E-state index is 0.158. The van der Waals surface area contributed by atoms with Crippen LogP contribution in [0.4, 0.5) is 0 Å². The number of hydrogen-bond acceptors (Lipinski definition) is 3. The van der Waals surface area contributed by atoms with Crippen LogP contribution in [0.1, 0.15) is 33.1 Å². The predicted octanol–water partition coefficient (Wildman–Crippen LogP) is 0.477. The highest BCUT2D eigenvalue weighted by molar-refractivity contribution is 7.89. The molecule has 0 radical (unpaired) electrons. The Kier molecular flexibility index (Phi) is 6.28. The molecule has 0 aromatic heterocycles. The van der Waals surface area contributed by atoms with Gasteiger partial charge in [0.15, 0.2) is 0 Å². The maximum absolute atomic E-state index is 11.3. The molecule has 0 fully saturated rings. The molecule has 1 atom stereocenters. The lowest BCUT2D eigenvalue weighted by atomic mass is 10.3. The molecule has 4 nitrogen and oxygen atoms in total. The van der Waals surface area contributed by atoms with Crippen molar-refractivity contribution in [2.24, 2.45) is 0 Å². The molecule has 0 aliphatic heterocycles. The lowest BCUT2D eigenvalue weighted by molar-refractivity contribution is 0.265. The van der Waals surface area contributed by atoms with Crippen molar-refractivity contribution >= 4 is 10.0 Å². The van der Waals surface area contributed by atoms with Gasteiger partial charge in [0, 0.05) is 6.04 Å². The van der Waals surface area contributed by atoms with Gasteiger partial charge in [-0.1, -0.05) is 19.8 Å². The third kappa shape index (κ3) is 6.98. The first-order valence-corrected chi connectivity index (χ1v) is 6.28. The molecular weight excluding hydrogens is 190 g/mol. The van der Waals surface area contributed by atoms with Crippen molar-refractivity contribution in [2.75, 3.05) is 12.4 Å². The van der Waals surface area contributed by atoms with Crippen molar-refractivity contribution < 1.29 is 13.5 Å². The molecule has 80 valence electrons. The smallest absolute Gasteiger partial charge is 0.211 e. The lowest BCUT2D eigenvalue weighted by Gasteiger charge is -2.10. The van der Waals surface area contributed by atoms with Gasteiger partial charge in [0.1, 0.15) is 0 Å². The van der Waals surface area contributed by atoms with Crippen molar-refractivity contribution in [1.82, 2.24) is 4.72 Å². The Hall–Kier alpha value is -0.130. The quantitative estimate of drug-likeness (QED) is 0.599. The second-order valence-corrected chi connectivity index (χ2v) is 5.10. The molecule has 1 unspecified atom stereocenters. The number of rotatable bonds is 7. The van der Waals surface area contributed by atoms with Crippen molar-refractivity contribution in [1.29, 1.82) is 0 Å². The number of unbranched alkanes of at least 4 members (excludes halogenated alkanes) is 2. The van der Waals surface area contributed by atoms with E-state index in [1.54, 1.807) is 6.92 Å².